The Hall–Kier alpha value is -0.430. The average Bonchev–Trinajstić information content (AvgIpc) is 2.00. The molecule has 0 aromatic rings. The van der Waals surface area contributed by atoms with Gasteiger partial charge in [-0.2, -0.15) is 0 Å². The Morgan fingerprint density at radius 1 is 1.58 bits per heavy atom. The van der Waals surface area contributed by atoms with Crippen LogP contribution < -0.4 is 0 Å². The standard InChI is InChI=1S/C6H12O5S/c1-2-5-10-6(3-4-7)11-12(8)9/h2,6-7,12H,1,3-5H2. The summed E-state index contributed by atoms with van der Waals surface area (Å²) in [5, 5.41) is 8.47. The van der Waals surface area contributed by atoms with Crippen LogP contribution in [0.1, 0.15) is 6.42 Å². The van der Waals surface area contributed by atoms with E-state index in [1.807, 2.05) is 0 Å². The molecule has 0 bridgehead atoms. The number of ether oxygens (including phenoxy) is 1. The van der Waals surface area contributed by atoms with Crippen LogP contribution in [0.2, 0.25) is 0 Å². The van der Waals surface area contributed by atoms with Crippen LogP contribution >= 0.6 is 0 Å². The zero-order valence-electron chi connectivity index (χ0n) is 6.51. The molecule has 0 spiro atoms. The molecule has 0 rings (SSSR count). The number of thiol groups is 1. The number of aliphatic hydroxyl groups is 1. The van der Waals surface area contributed by atoms with Crippen LogP contribution in [0, 0.1) is 0 Å². The quantitative estimate of drug-likeness (QED) is 0.324. The number of aliphatic hydroxyl groups excluding tert-OH is 1. The van der Waals surface area contributed by atoms with Crippen molar-refractivity contribution < 1.29 is 22.4 Å². The molecule has 0 aliphatic rings. The van der Waals surface area contributed by atoms with Gasteiger partial charge in [0.15, 0.2) is 6.29 Å². The van der Waals surface area contributed by atoms with E-state index in [1.165, 1.54) is 6.08 Å². The maximum atomic E-state index is 10.1. The third kappa shape index (κ3) is 6.29. The summed E-state index contributed by atoms with van der Waals surface area (Å²) in [5.41, 5.74) is 0. The second kappa shape index (κ2) is 7.23. The van der Waals surface area contributed by atoms with Crippen LogP contribution in [0.5, 0.6) is 0 Å². The van der Waals surface area contributed by atoms with E-state index in [0.29, 0.717) is 0 Å². The average molecular weight is 196 g/mol. The molecular weight excluding hydrogens is 184 g/mol. The van der Waals surface area contributed by atoms with Crippen molar-refractivity contribution >= 4 is 11.0 Å². The van der Waals surface area contributed by atoms with Gasteiger partial charge in [-0.15, -0.1) is 6.58 Å². The monoisotopic (exact) mass is 196 g/mol. The molecule has 12 heavy (non-hydrogen) atoms. The molecule has 0 saturated carbocycles. The van der Waals surface area contributed by atoms with Crippen molar-refractivity contribution in [3.63, 3.8) is 0 Å². The van der Waals surface area contributed by atoms with Gasteiger partial charge in [-0.3, -0.25) is 0 Å². The zero-order valence-corrected chi connectivity index (χ0v) is 7.40. The van der Waals surface area contributed by atoms with Gasteiger partial charge in [0, 0.05) is 13.0 Å². The van der Waals surface area contributed by atoms with Crippen molar-refractivity contribution in [1.82, 2.24) is 0 Å². The third-order valence-electron chi connectivity index (χ3n) is 0.968. The summed E-state index contributed by atoms with van der Waals surface area (Å²) in [6, 6.07) is 0. The molecule has 0 saturated heterocycles. The highest BCUT2D eigenvalue weighted by Crippen LogP contribution is 2.00. The normalized spacial score (nSPS) is 13.2. The van der Waals surface area contributed by atoms with Crippen LogP contribution in [0.3, 0.4) is 0 Å². The molecule has 0 amide bonds. The topological polar surface area (TPSA) is 72.8 Å². The maximum Gasteiger partial charge on any atom is 0.259 e. The summed E-state index contributed by atoms with van der Waals surface area (Å²) >= 11 is 0. The minimum Gasteiger partial charge on any atom is -0.396 e. The van der Waals surface area contributed by atoms with Gasteiger partial charge in [-0.05, 0) is 0 Å². The van der Waals surface area contributed by atoms with Gasteiger partial charge >= 0.3 is 0 Å². The van der Waals surface area contributed by atoms with E-state index >= 15 is 0 Å². The second-order valence-corrected chi connectivity index (χ2v) is 2.55. The van der Waals surface area contributed by atoms with E-state index in [-0.39, 0.29) is 19.6 Å². The smallest absolute Gasteiger partial charge is 0.259 e. The minimum atomic E-state index is -2.94. The molecule has 0 fully saturated rings. The summed E-state index contributed by atoms with van der Waals surface area (Å²) < 4.78 is 29.3. The first-order valence-electron chi connectivity index (χ1n) is 3.35. The summed E-state index contributed by atoms with van der Waals surface area (Å²) in [5.74, 6) is 0. The van der Waals surface area contributed by atoms with E-state index in [4.69, 9.17) is 9.84 Å². The highest BCUT2D eigenvalue weighted by molar-refractivity contribution is 7.67. The van der Waals surface area contributed by atoms with Gasteiger partial charge in [-0.1, -0.05) is 6.08 Å². The Balaban J connectivity index is 3.76. The van der Waals surface area contributed by atoms with Crippen molar-refractivity contribution in [3.05, 3.63) is 12.7 Å². The minimum absolute atomic E-state index is 0.122. The second-order valence-electron chi connectivity index (χ2n) is 1.89. The first-order valence-corrected chi connectivity index (χ1v) is 4.44. The predicted octanol–water partition coefficient (Wildman–Crippen LogP) is -0.559. The van der Waals surface area contributed by atoms with Crippen molar-refractivity contribution in [2.45, 2.75) is 12.7 Å². The summed E-state index contributed by atoms with van der Waals surface area (Å²) in [7, 11) is -2.94. The van der Waals surface area contributed by atoms with Gasteiger partial charge < -0.3 is 9.84 Å². The molecule has 0 aliphatic carbocycles. The molecule has 0 aliphatic heterocycles. The fourth-order valence-corrected chi connectivity index (χ4v) is 0.901. The Labute approximate surface area is 72.8 Å². The molecule has 1 N–H and O–H groups in total. The van der Waals surface area contributed by atoms with Crippen LogP contribution in [0.25, 0.3) is 0 Å². The predicted molar refractivity (Wildman–Crippen MR) is 43.0 cm³/mol. The SMILES string of the molecule is C=CCOC(CCO)O[SH](=O)=O. The van der Waals surface area contributed by atoms with Gasteiger partial charge in [0.05, 0.1) is 6.61 Å². The highest BCUT2D eigenvalue weighted by Gasteiger charge is 2.08. The van der Waals surface area contributed by atoms with Crippen molar-refractivity contribution in [2.24, 2.45) is 0 Å². The lowest BCUT2D eigenvalue weighted by molar-refractivity contribution is -0.0738. The van der Waals surface area contributed by atoms with Crippen molar-refractivity contribution in [1.29, 1.82) is 0 Å². The molecule has 0 aromatic carbocycles. The first kappa shape index (κ1) is 11.6. The fourth-order valence-electron chi connectivity index (χ4n) is 0.543. The number of hydrogen-bond donors (Lipinski definition) is 2. The first-order chi connectivity index (χ1) is 5.70. The molecule has 1 atom stereocenters. The van der Waals surface area contributed by atoms with Gasteiger partial charge in [0.25, 0.3) is 11.0 Å². The highest BCUT2D eigenvalue weighted by atomic mass is 32.2. The molecule has 5 nitrogen and oxygen atoms in total. The summed E-state index contributed by atoms with van der Waals surface area (Å²) in [6.07, 6.45) is 0.678. The number of rotatable bonds is 7. The van der Waals surface area contributed by atoms with Gasteiger partial charge in [-0.25, -0.2) is 12.6 Å². The van der Waals surface area contributed by atoms with E-state index in [0.717, 1.165) is 0 Å². The van der Waals surface area contributed by atoms with E-state index in [9.17, 15) is 8.42 Å². The Bertz CT molecular complexity index is 180. The van der Waals surface area contributed by atoms with Crippen LogP contribution in [0.4, 0.5) is 0 Å². The molecule has 1 unspecified atom stereocenters. The van der Waals surface area contributed by atoms with Crippen LogP contribution in [-0.4, -0.2) is 33.0 Å². The molecule has 6 heteroatoms. The lowest BCUT2D eigenvalue weighted by Crippen LogP contribution is -2.18. The van der Waals surface area contributed by atoms with Crippen LogP contribution in [-0.2, 0) is 19.9 Å². The van der Waals surface area contributed by atoms with Crippen LogP contribution in [0.15, 0.2) is 12.7 Å². The Morgan fingerprint density at radius 2 is 2.25 bits per heavy atom. The molecule has 0 aromatic heterocycles. The summed E-state index contributed by atoms with van der Waals surface area (Å²) in [4.78, 5) is 0. The molecule has 72 valence electrons. The zero-order chi connectivity index (χ0) is 9.40. The van der Waals surface area contributed by atoms with E-state index < -0.39 is 17.3 Å². The lowest BCUT2D eigenvalue weighted by atomic mass is 10.4. The Morgan fingerprint density at radius 3 is 2.67 bits per heavy atom. The van der Waals surface area contributed by atoms with Crippen molar-refractivity contribution in [3.8, 4) is 0 Å². The molecule has 0 radical (unpaired) electrons. The Kier molecular flexibility index (Phi) is 6.97. The molecule has 0 heterocycles. The summed E-state index contributed by atoms with van der Waals surface area (Å²) in [6.45, 7) is 3.38. The van der Waals surface area contributed by atoms with E-state index in [1.54, 1.807) is 0 Å². The van der Waals surface area contributed by atoms with Gasteiger partial charge in [0.1, 0.15) is 0 Å². The third-order valence-corrected chi connectivity index (χ3v) is 1.38. The largest absolute Gasteiger partial charge is 0.396 e. The number of hydrogen-bond acceptors (Lipinski definition) is 5. The van der Waals surface area contributed by atoms with Gasteiger partial charge in [0.2, 0.25) is 0 Å². The molecular formula is C6H12O5S. The lowest BCUT2D eigenvalue weighted by Gasteiger charge is -2.11. The fraction of sp³-hybridized carbons (Fsp3) is 0.667. The maximum absolute atomic E-state index is 10.1. The van der Waals surface area contributed by atoms with E-state index in [2.05, 4.69) is 10.8 Å². The van der Waals surface area contributed by atoms with Crippen molar-refractivity contribution in [2.75, 3.05) is 13.2 Å².